The summed E-state index contributed by atoms with van der Waals surface area (Å²) >= 11 is 0. The van der Waals surface area contributed by atoms with Crippen LogP contribution in [0, 0.1) is 0 Å². The van der Waals surface area contributed by atoms with Crippen molar-refractivity contribution in [3.05, 3.63) is 0 Å². The van der Waals surface area contributed by atoms with Gasteiger partial charge in [-0.3, -0.25) is 0 Å². The van der Waals surface area contributed by atoms with Crippen LogP contribution in [-0.2, 0) is 0 Å². The first kappa shape index (κ1) is 28.9. The summed E-state index contributed by atoms with van der Waals surface area (Å²) in [6, 6.07) is 0. The van der Waals surface area contributed by atoms with E-state index in [1.807, 2.05) is 0 Å². The van der Waals surface area contributed by atoms with Crippen molar-refractivity contribution >= 4 is 0 Å². The van der Waals surface area contributed by atoms with Gasteiger partial charge in [-0.05, 0) is 123 Å². The summed E-state index contributed by atoms with van der Waals surface area (Å²) in [5.41, 5.74) is 21.5. The molecule has 0 aromatic carbocycles. The van der Waals surface area contributed by atoms with E-state index in [2.05, 4.69) is 21.3 Å². The molecule has 8 nitrogen and oxygen atoms in total. The summed E-state index contributed by atoms with van der Waals surface area (Å²) in [5.74, 6) is 0. The minimum absolute atomic E-state index is 0.780. The molecule has 0 radical (unpaired) electrons. The highest BCUT2D eigenvalue weighted by atomic mass is 14.9. The van der Waals surface area contributed by atoms with Gasteiger partial charge in [-0.15, -0.1) is 0 Å². The van der Waals surface area contributed by atoms with Gasteiger partial charge >= 0.3 is 0 Å². The Hall–Kier alpha value is -0.320. The minimum atomic E-state index is 0.780. The number of hydrogen-bond donors (Lipinski definition) is 8. The van der Waals surface area contributed by atoms with Gasteiger partial charge in [0.05, 0.1) is 0 Å². The molecular weight excluding hydrogens is 340 g/mol. The van der Waals surface area contributed by atoms with E-state index in [0.717, 1.165) is 104 Å². The minimum Gasteiger partial charge on any atom is -0.330 e. The molecule has 0 spiro atoms. The van der Waals surface area contributed by atoms with Crippen LogP contribution in [-0.4, -0.2) is 78.5 Å². The summed E-state index contributed by atoms with van der Waals surface area (Å²) in [4.78, 5) is 0. The molecule has 0 aliphatic rings. The Labute approximate surface area is 168 Å². The Kier molecular flexibility index (Phi) is 32.5. The molecule has 0 aliphatic carbocycles. The van der Waals surface area contributed by atoms with Crippen molar-refractivity contribution in [3.8, 4) is 0 Å². The third kappa shape index (κ3) is 33.7. The predicted octanol–water partition coefficient (Wildman–Crippen LogP) is -1.10. The Morgan fingerprint density at radius 3 is 0.778 bits per heavy atom. The maximum absolute atomic E-state index is 5.38. The van der Waals surface area contributed by atoms with Gasteiger partial charge in [0.15, 0.2) is 0 Å². The highest BCUT2D eigenvalue weighted by Gasteiger charge is 1.90. The van der Waals surface area contributed by atoms with E-state index in [-0.39, 0.29) is 0 Å². The van der Waals surface area contributed by atoms with E-state index in [9.17, 15) is 0 Å². The lowest BCUT2D eigenvalue weighted by atomic mass is 10.3. The monoisotopic (exact) mass is 390 g/mol. The van der Waals surface area contributed by atoms with Crippen LogP contribution in [0.2, 0.25) is 0 Å². The lowest BCUT2D eigenvalue weighted by Gasteiger charge is -2.04. The first-order chi connectivity index (χ1) is 13.3. The van der Waals surface area contributed by atoms with Crippen molar-refractivity contribution in [2.45, 2.75) is 44.9 Å². The molecule has 0 unspecified atom stereocenters. The molecule has 0 rings (SSSR count). The maximum atomic E-state index is 5.38. The maximum Gasteiger partial charge on any atom is -0.00368 e. The molecule has 0 heterocycles. The second-order valence-electron chi connectivity index (χ2n) is 6.63. The molecule has 0 amide bonds. The largest absolute Gasteiger partial charge is 0.330 e. The third-order valence-corrected chi connectivity index (χ3v) is 3.89. The second kappa shape index (κ2) is 30.4. The van der Waals surface area contributed by atoms with Crippen molar-refractivity contribution < 1.29 is 0 Å². The van der Waals surface area contributed by atoms with Gasteiger partial charge in [-0.1, -0.05) is 0 Å². The normalized spacial score (nSPS) is 10.7. The van der Waals surface area contributed by atoms with E-state index in [1.165, 1.54) is 19.3 Å². The fraction of sp³-hybridized carbons (Fsp3) is 1.00. The lowest BCUT2D eigenvalue weighted by Crippen LogP contribution is -2.25. The molecule has 166 valence electrons. The zero-order valence-corrected chi connectivity index (χ0v) is 17.7. The molecule has 0 saturated heterocycles. The van der Waals surface area contributed by atoms with Gasteiger partial charge in [0.1, 0.15) is 0 Å². The van der Waals surface area contributed by atoms with Crippen LogP contribution in [0.15, 0.2) is 0 Å². The van der Waals surface area contributed by atoms with E-state index < -0.39 is 0 Å². The van der Waals surface area contributed by atoms with Crippen molar-refractivity contribution in [1.29, 1.82) is 0 Å². The summed E-state index contributed by atoms with van der Waals surface area (Å²) in [7, 11) is 0. The van der Waals surface area contributed by atoms with Gasteiger partial charge < -0.3 is 44.2 Å². The SMILES string of the molecule is NCCCNCCCCNCCCN.NCCCNCCCNCCCN. The van der Waals surface area contributed by atoms with Crippen LogP contribution in [0.1, 0.15) is 44.9 Å². The number of nitrogens with one attached hydrogen (secondary N) is 4. The zero-order valence-electron chi connectivity index (χ0n) is 17.7. The highest BCUT2D eigenvalue weighted by molar-refractivity contribution is 4.53. The number of rotatable bonds is 21. The number of unbranched alkanes of at least 4 members (excludes halogenated alkanes) is 1. The van der Waals surface area contributed by atoms with E-state index >= 15 is 0 Å². The molecule has 8 heteroatoms. The van der Waals surface area contributed by atoms with Gasteiger partial charge in [0, 0.05) is 0 Å². The predicted molar refractivity (Wildman–Crippen MR) is 120 cm³/mol. The fourth-order valence-corrected chi connectivity index (χ4v) is 2.25. The third-order valence-electron chi connectivity index (χ3n) is 3.89. The van der Waals surface area contributed by atoms with Crippen LogP contribution in [0.3, 0.4) is 0 Å². The average molecular weight is 391 g/mol. The van der Waals surface area contributed by atoms with Crippen molar-refractivity contribution in [1.82, 2.24) is 21.3 Å². The lowest BCUT2D eigenvalue weighted by molar-refractivity contribution is 0.570. The molecular formula is C19H50N8. The highest BCUT2D eigenvalue weighted by Crippen LogP contribution is 1.85. The Balaban J connectivity index is 0. The molecule has 0 bridgehead atoms. The smallest absolute Gasteiger partial charge is 0.00368 e. The van der Waals surface area contributed by atoms with Crippen LogP contribution in [0.5, 0.6) is 0 Å². The van der Waals surface area contributed by atoms with E-state index in [0.29, 0.717) is 0 Å². The molecule has 0 aliphatic heterocycles. The average Bonchev–Trinajstić information content (AvgIpc) is 2.69. The molecule has 12 N–H and O–H groups in total. The summed E-state index contributed by atoms with van der Waals surface area (Å²) < 4.78 is 0. The second-order valence-corrected chi connectivity index (χ2v) is 6.63. The summed E-state index contributed by atoms with van der Waals surface area (Å²) in [6.45, 7) is 11.7. The zero-order chi connectivity index (χ0) is 20.3. The Morgan fingerprint density at radius 2 is 0.519 bits per heavy atom. The fourth-order valence-electron chi connectivity index (χ4n) is 2.25. The van der Waals surface area contributed by atoms with Gasteiger partial charge in [0.25, 0.3) is 0 Å². The van der Waals surface area contributed by atoms with Crippen LogP contribution in [0.25, 0.3) is 0 Å². The molecule has 0 atom stereocenters. The van der Waals surface area contributed by atoms with Crippen molar-refractivity contribution in [2.24, 2.45) is 22.9 Å². The van der Waals surface area contributed by atoms with Gasteiger partial charge in [-0.25, -0.2) is 0 Å². The Morgan fingerprint density at radius 1 is 0.296 bits per heavy atom. The molecule has 0 aromatic heterocycles. The molecule has 0 fully saturated rings. The first-order valence-electron chi connectivity index (χ1n) is 11.0. The quantitative estimate of drug-likeness (QED) is 0.115. The standard InChI is InChI=1S/C10H26N4.C9H24N4/c11-5-3-9-13-7-1-2-8-14-10-4-6-12;10-4-1-6-12-8-3-9-13-7-2-5-11/h13-14H,1-12H2;12-13H,1-11H2. The van der Waals surface area contributed by atoms with Gasteiger partial charge in [-0.2, -0.15) is 0 Å². The van der Waals surface area contributed by atoms with Crippen LogP contribution >= 0.6 is 0 Å². The van der Waals surface area contributed by atoms with Gasteiger partial charge in [0.2, 0.25) is 0 Å². The van der Waals surface area contributed by atoms with Crippen LogP contribution in [0.4, 0.5) is 0 Å². The molecule has 0 saturated carbocycles. The topological polar surface area (TPSA) is 152 Å². The Bertz CT molecular complexity index is 210. The van der Waals surface area contributed by atoms with Crippen LogP contribution < -0.4 is 44.2 Å². The van der Waals surface area contributed by atoms with E-state index in [1.54, 1.807) is 0 Å². The first-order valence-corrected chi connectivity index (χ1v) is 11.0. The molecule has 27 heavy (non-hydrogen) atoms. The van der Waals surface area contributed by atoms with Crippen molar-refractivity contribution in [2.75, 3.05) is 78.5 Å². The summed E-state index contributed by atoms with van der Waals surface area (Å²) in [5, 5.41) is 13.4. The molecule has 0 aromatic rings. The van der Waals surface area contributed by atoms with Crippen molar-refractivity contribution in [3.63, 3.8) is 0 Å². The number of hydrogen-bond acceptors (Lipinski definition) is 8. The number of nitrogens with two attached hydrogens (primary N) is 4. The van der Waals surface area contributed by atoms with E-state index in [4.69, 9.17) is 22.9 Å². The summed E-state index contributed by atoms with van der Waals surface area (Å²) in [6.07, 6.45) is 7.94.